The average Bonchev–Trinajstić information content (AvgIpc) is 3.62. The van der Waals surface area contributed by atoms with E-state index in [0.717, 1.165) is 70.5 Å². The fourth-order valence-corrected chi connectivity index (χ4v) is 5.70. The van der Waals surface area contributed by atoms with Gasteiger partial charge in [0, 0.05) is 24.6 Å². The van der Waals surface area contributed by atoms with Gasteiger partial charge in [-0.1, -0.05) is 6.07 Å². The number of fused-ring (bicyclic) bond motifs is 4. The van der Waals surface area contributed by atoms with Gasteiger partial charge in [-0.3, -0.25) is 9.48 Å². The Hall–Kier alpha value is -3.96. The SMILES string of the molecule is CCOC(=O)Cn1nc(C)c2c1OCCOC(C)c1c(cnn1C)-c1ccc3c(c1)c(nn3C1CCCCO1)/C=C\2. The van der Waals surface area contributed by atoms with Gasteiger partial charge in [-0.25, -0.2) is 9.36 Å². The molecule has 0 aliphatic carbocycles. The van der Waals surface area contributed by atoms with Crippen LogP contribution in [0, 0.1) is 6.92 Å². The highest BCUT2D eigenvalue weighted by molar-refractivity contribution is 5.93. The van der Waals surface area contributed by atoms with Crippen LogP contribution in [0.25, 0.3) is 34.2 Å². The van der Waals surface area contributed by atoms with Crippen molar-refractivity contribution in [2.45, 2.75) is 58.9 Å². The Labute approximate surface area is 238 Å². The Kier molecular flexibility index (Phi) is 7.63. The number of aromatic nitrogens is 6. The third-order valence-corrected chi connectivity index (χ3v) is 7.65. The van der Waals surface area contributed by atoms with E-state index in [2.05, 4.69) is 28.4 Å². The molecule has 5 heterocycles. The molecular weight excluding hydrogens is 524 g/mol. The number of nitrogens with zero attached hydrogens (tertiary/aromatic N) is 6. The van der Waals surface area contributed by atoms with Crippen LogP contribution in [0.15, 0.2) is 24.4 Å². The molecule has 2 atom stereocenters. The maximum atomic E-state index is 12.3. The fourth-order valence-electron chi connectivity index (χ4n) is 5.70. The van der Waals surface area contributed by atoms with E-state index < -0.39 is 0 Å². The average molecular weight is 561 g/mol. The van der Waals surface area contributed by atoms with E-state index in [9.17, 15) is 4.79 Å². The van der Waals surface area contributed by atoms with E-state index in [1.807, 2.05) is 48.6 Å². The van der Waals surface area contributed by atoms with Gasteiger partial charge in [-0.05, 0) is 69.9 Å². The minimum atomic E-state index is -0.375. The van der Waals surface area contributed by atoms with E-state index in [-0.39, 0.29) is 31.5 Å². The topological polar surface area (TPSA) is 107 Å². The van der Waals surface area contributed by atoms with Crippen molar-refractivity contribution >= 4 is 29.0 Å². The van der Waals surface area contributed by atoms with E-state index >= 15 is 0 Å². The molecule has 4 aromatic rings. The molecule has 6 rings (SSSR count). The fraction of sp³-hybridized carbons (Fsp3) is 0.467. The van der Waals surface area contributed by atoms with Gasteiger partial charge in [0.25, 0.3) is 0 Å². The molecule has 2 bridgehead atoms. The molecule has 2 unspecified atom stereocenters. The molecule has 1 aromatic carbocycles. The standard InChI is InChI=1S/C30H36N6O5/c1-5-38-28(37)18-35-30-22(19(2)32-35)10-11-25-23-16-21(9-12-26(23)36(33-25)27-8-6-7-13-40-27)24-17-31-34(4)29(24)20(3)39-14-15-41-30/h9-12,16-17,20,27H,5-8,13-15,18H2,1-4H3/b11-10-. The maximum Gasteiger partial charge on any atom is 0.327 e. The highest BCUT2D eigenvalue weighted by Gasteiger charge is 2.24. The Morgan fingerprint density at radius 3 is 2.80 bits per heavy atom. The number of carbonyl (C=O) groups is 1. The highest BCUT2D eigenvalue weighted by atomic mass is 16.5. The molecule has 0 radical (unpaired) electrons. The Balaban J connectivity index is 1.50. The maximum absolute atomic E-state index is 12.3. The molecule has 3 aromatic heterocycles. The molecule has 0 spiro atoms. The van der Waals surface area contributed by atoms with Crippen molar-refractivity contribution in [2.75, 3.05) is 26.4 Å². The van der Waals surface area contributed by atoms with Crippen LogP contribution in [0.5, 0.6) is 5.88 Å². The number of carbonyl (C=O) groups excluding carboxylic acids is 1. The minimum Gasteiger partial charge on any atom is -0.475 e. The van der Waals surface area contributed by atoms with E-state index in [0.29, 0.717) is 19.1 Å². The number of hydrogen-bond donors (Lipinski definition) is 0. The lowest BCUT2D eigenvalue weighted by atomic mass is 10.0. The van der Waals surface area contributed by atoms with Crippen molar-refractivity contribution in [1.29, 1.82) is 0 Å². The van der Waals surface area contributed by atoms with Gasteiger partial charge in [0.1, 0.15) is 13.2 Å². The van der Waals surface area contributed by atoms with Crippen molar-refractivity contribution in [3.63, 3.8) is 0 Å². The lowest BCUT2D eigenvalue weighted by Gasteiger charge is -2.23. The van der Waals surface area contributed by atoms with Gasteiger partial charge in [0.05, 0.1) is 53.7 Å². The zero-order chi connectivity index (χ0) is 28.5. The van der Waals surface area contributed by atoms with Crippen LogP contribution < -0.4 is 4.74 Å². The first-order valence-corrected chi connectivity index (χ1v) is 14.3. The molecule has 0 N–H and O–H groups in total. The number of esters is 1. The predicted molar refractivity (Wildman–Crippen MR) is 153 cm³/mol. The van der Waals surface area contributed by atoms with Gasteiger partial charge in [0.15, 0.2) is 6.23 Å². The highest BCUT2D eigenvalue weighted by Crippen LogP contribution is 2.36. The van der Waals surface area contributed by atoms with Crippen molar-refractivity contribution < 1.29 is 23.7 Å². The van der Waals surface area contributed by atoms with Gasteiger partial charge in [0.2, 0.25) is 5.88 Å². The van der Waals surface area contributed by atoms with Crippen molar-refractivity contribution in [1.82, 2.24) is 29.3 Å². The molecule has 216 valence electrons. The lowest BCUT2D eigenvalue weighted by Crippen LogP contribution is -2.19. The molecule has 11 heteroatoms. The normalized spacial score (nSPS) is 20.1. The first-order valence-electron chi connectivity index (χ1n) is 14.3. The zero-order valence-electron chi connectivity index (χ0n) is 24.0. The second kappa shape index (κ2) is 11.5. The summed E-state index contributed by atoms with van der Waals surface area (Å²) >= 11 is 0. The number of benzene rings is 1. The first-order chi connectivity index (χ1) is 19.9. The molecule has 2 aliphatic heterocycles. The monoisotopic (exact) mass is 560 g/mol. The summed E-state index contributed by atoms with van der Waals surface area (Å²) in [7, 11) is 1.93. The van der Waals surface area contributed by atoms with E-state index in [1.54, 1.807) is 11.6 Å². The summed E-state index contributed by atoms with van der Waals surface area (Å²) < 4.78 is 29.1. The van der Waals surface area contributed by atoms with Crippen molar-refractivity contribution in [3.8, 4) is 17.0 Å². The van der Waals surface area contributed by atoms with Crippen LogP contribution in [0.2, 0.25) is 0 Å². The Bertz CT molecular complexity index is 1590. The smallest absolute Gasteiger partial charge is 0.327 e. The van der Waals surface area contributed by atoms with Crippen molar-refractivity contribution in [3.05, 3.63) is 47.0 Å². The van der Waals surface area contributed by atoms with Gasteiger partial charge in [-0.2, -0.15) is 15.3 Å². The molecule has 41 heavy (non-hydrogen) atoms. The summed E-state index contributed by atoms with van der Waals surface area (Å²) in [5.74, 6) is 0.110. The number of aryl methyl sites for hydroxylation is 2. The summed E-state index contributed by atoms with van der Waals surface area (Å²) in [6, 6.07) is 6.40. The van der Waals surface area contributed by atoms with Gasteiger partial charge >= 0.3 is 5.97 Å². The predicted octanol–water partition coefficient (Wildman–Crippen LogP) is 4.84. The summed E-state index contributed by atoms with van der Waals surface area (Å²) in [4.78, 5) is 12.3. The zero-order valence-corrected chi connectivity index (χ0v) is 24.0. The summed E-state index contributed by atoms with van der Waals surface area (Å²) in [6.45, 7) is 7.29. The summed E-state index contributed by atoms with van der Waals surface area (Å²) in [6.07, 6.45) is 8.57. The third-order valence-electron chi connectivity index (χ3n) is 7.65. The van der Waals surface area contributed by atoms with E-state index in [4.69, 9.17) is 24.0 Å². The molecular formula is C30H36N6O5. The largest absolute Gasteiger partial charge is 0.475 e. The molecule has 1 fully saturated rings. The molecule has 11 nitrogen and oxygen atoms in total. The quantitative estimate of drug-likeness (QED) is 0.326. The number of rotatable bonds is 4. The van der Waals surface area contributed by atoms with Crippen LogP contribution in [0.4, 0.5) is 0 Å². The third kappa shape index (κ3) is 5.27. The molecule has 0 saturated carbocycles. The van der Waals surface area contributed by atoms with Crippen molar-refractivity contribution in [2.24, 2.45) is 7.05 Å². The van der Waals surface area contributed by atoms with Crippen LogP contribution in [0.3, 0.4) is 0 Å². The Morgan fingerprint density at radius 2 is 2.00 bits per heavy atom. The van der Waals surface area contributed by atoms with E-state index in [1.165, 1.54) is 0 Å². The summed E-state index contributed by atoms with van der Waals surface area (Å²) in [5.41, 5.74) is 6.35. The molecule has 0 amide bonds. The summed E-state index contributed by atoms with van der Waals surface area (Å²) in [5, 5.41) is 15.2. The number of hydrogen-bond acceptors (Lipinski definition) is 8. The van der Waals surface area contributed by atoms with Gasteiger partial charge < -0.3 is 18.9 Å². The van der Waals surface area contributed by atoms with Crippen LogP contribution in [0.1, 0.15) is 68.1 Å². The second-order valence-corrected chi connectivity index (χ2v) is 10.4. The van der Waals surface area contributed by atoms with Crippen LogP contribution in [-0.4, -0.2) is 61.7 Å². The molecule has 2 aliphatic rings. The first kappa shape index (κ1) is 27.2. The van der Waals surface area contributed by atoms with Crippen LogP contribution in [-0.2, 0) is 32.6 Å². The number of ether oxygens (including phenoxy) is 4. The molecule has 1 saturated heterocycles. The van der Waals surface area contributed by atoms with Gasteiger partial charge in [-0.15, -0.1) is 0 Å². The second-order valence-electron chi connectivity index (χ2n) is 10.4. The Morgan fingerprint density at radius 1 is 1.12 bits per heavy atom. The minimum absolute atomic E-state index is 0.0482. The van der Waals surface area contributed by atoms with Crippen LogP contribution >= 0.6 is 0 Å². The lowest BCUT2D eigenvalue weighted by molar-refractivity contribution is -0.144.